The quantitative estimate of drug-likeness (QED) is 0.784. The standard InChI is InChI=1S/C13H13NO2/c1-16-10-11-7-8-13(15)14(9-11)12-5-3-2-4-6-12/h2-9H,10H2,1H3. The van der Waals surface area contributed by atoms with Crippen LogP contribution in [0.1, 0.15) is 5.56 Å². The zero-order chi connectivity index (χ0) is 11.4. The second-order valence-electron chi connectivity index (χ2n) is 3.51. The van der Waals surface area contributed by atoms with Crippen molar-refractivity contribution < 1.29 is 4.74 Å². The van der Waals surface area contributed by atoms with Crippen molar-refractivity contribution in [1.82, 2.24) is 4.57 Å². The third-order valence-corrected chi connectivity index (χ3v) is 2.32. The zero-order valence-corrected chi connectivity index (χ0v) is 9.09. The van der Waals surface area contributed by atoms with Gasteiger partial charge in [-0.15, -0.1) is 0 Å². The van der Waals surface area contributed by atoms with Crippen LogP contribution < -0.4 is 5.56 Å². The fourth-order valence-corrected chi connectivity index (χ4v) is 1.57. The molecule has 0 atom stereocenters. The first kappa shape index (κ1) is 10.6. The molecule has 0 saturated carbocycles. The van der Waals surface area contributed by atoms with E-state index in [1.165, 1.54) is 0 Å². The maximum atomic E-state index is 11.7. The lowest BCUT2D eigenvalue weighted by Crippen LogP contribution is -2.17. The number of benzene rings is 1. The number of para-hydroxylation sites is 1. The Morgan fingerprint density at radius 1 is 1.12 bits per heavy atom. The molecule has 0 aliphatic rings. The van der Waals surface area contributed by atoms with Crippen molar-refractivity contribution in [1.29, 1.82) is 0 Å². The van der Waals surface area contributed by atoms with Crippen molar-refractivity contribution in [3.63, 3.8) is 0 Å². The largest absolute Gasteiger partial charge is 0.380 e. The molecule has 0 bridgehead atoms. The lowest BCUT2D eigenvalue weighted by atomic mass is 10.2. The van der Waals surface area contributed by atoms with E-state index in [0.29, 0.717) is 6.61 Å². The maximum Gasteiger partial charge on any atom is 0.255 e. The van der Waals surface area contributed by atoms with Crippen LogP contribution in [-0.2, 0) is 11.3 Å². The van der Waals surface area contributed by atoms with Gasteiger partial charge in [0.05, 0.1) is 6.61 Å². The van der Waals surface area contributed by atoms with Crippen LogP contribution in [0.4, 0.5) is 0 Å². The number of hydrogen-bond donors (Lipinski definition) is 0. The molecule has 0 unspecified atom stereocenters. The highest BCUT2D eigenvalue weighted by Gasteiger charge is 2.00. The van der Waals surface area contributed by atoms with Gasteiger partial charge in [0, 0.05) is 25.1 Å². The molecule has 0 N–H and O–H groups in total. The number of rotatable bonds is 3. The second kappa shape index (κ2) is 4.77. The highest BCUT2D eigenvalue weighted by molar-refractivity contribution is 5.32. The normalized spacial score (nSPS) is 10.3. The van der Waals surface area contributed by atoms with Crippen molar-refractivity contribution in [3.8, 4) is 5.69 Å². The van der Waals surface area contributed by atoms with Crippen LogP contribution >= 0.6 is 0 Å². The summed E-state index contributed by atoms with van der Waals surface area (Å²) in [5, 5.41) is 0. The Hall–Kier alpha value is -1.87. The van der Waals surface area contributed by atoms with Gasteiger partial charge < -0.3 is 4.74 Å². The van der Waals surface area contributed by atoms with Gasteiger partial charge in [0.1, 0.15) is 0 Å². The second-order valence-corrected chi connectivity index (χ2v) is 3.51. The molecular weight excluding hydrogens is 202 g/mol. The van der Waals surface area contributed by atoms with E-state index in [-0.39, 0.29) is 5.56 Å². The molecule has 0 spiro atoms. The number of pyridine rings is 1. The molecular formula is C13H13NO2. The lowest BCUT2D eigenvalue weighted by molar-refractivity contribution is 0.184. The summed E-state index contributed by atoms with van der Waals surface area (Å²) >= 11 is 0. The molecule has 1 aromatic heterocycles. The Labute approximate surface area is 93.9 Å². The van der Waals surface area contributed by atoms with Gasteiger partial charge in [-0.2, -0.15) is 0 Å². The molecule has 1 aromatic carbocycles. The van der Waals surface area contributed by atoms with E-state index >= 15 is 0 Å². The van der Waals surface area contributed by atoms with Crippen molar-refractivity contribution in [2.24, 2.45) is 0 Å². The molecule has 0 fully saturated rings. The summed E-state index contributed by atoms with van der Waals surface area (Å²) in [5.41, 5.74) is 1.81. The van der Waals surface area contributed by atoms with Gasteiger partial charge in [0.15, 0.2) is 0 Å². The summed E-state index contributed by atoms with van der Waals surface area (Å²) in [6.45, 7) is 0.507. The van der Waals surface area contributed by atoms with E-state index in [9.17, 15) is 4.79 Å². The summed E-state index contributed by atoms with van der Waals surface area (Å²) in [7, 11) is 1.64. The Kier molecular flexibility index (Phi) is 3.17. The van der Waals surface area contributed by atoms with Gasteiger partial charge in [0.2, 0.25) is 0 Å². The molecule has 2 aromatic rings. The van der Waals surface area contributed by atoms with Crippen LogP contribution in [0.2, 0.25) is 0 Å². The number of ether oxygens (including phenoxy) is 1. The Morgan fingerprint density at radius 2 is 1.88 bits per heavy atom. The van der Waals surface area contributed by atoms with Crippen molar-refractivity contribution in [2.75, 3.05) is 7.11 Å². The lowest BCUT2D eigenvalue weighted by Gasteiger charge is -2.07. The fraction of sp³-hybridized carbons (Fsp3) is 0.154. The summed E-state index contributed by atoms with van der Waals surface area (Å²) in [5.74, 6) is 0. The van der Waals surface area contributed by atoms with Crippen LogP contribution in [0.3, 0.4) is 0 Å². The fourth-order valence-electron chi connectivity index (χ4n) is 1.57. The number of hydrogen-bond acceptors (Lipinski definition) is 2. The Balaban J connectivity index is 2.48. The molecule has 0 aliphatic carbocycles. The first-order valence-electron chi connectivity index (χ1n) is 5.07. The SMILES string of the molecule is COCc1ccc(=O)n(-c2ccccc2)c1. The minimum absolute atomic E-state index is 0.0361. The van der Waals surface area contributed by atoms with Gasteiger partial charge in [-0.3, -0.25) is 9.36 Å². The molecule has 16 heavy (non-hydrogen) atoms. The number of methoxy groups -OCH3 is 1. The summed E-state index contributed by atoms with van der Waals surface area (Å²) in [4.78, 5) is 11.7. The predicted octanol–water partition coefficient (Wildman–Crippen LogP) is 1.98. The van der Waals surface area contributed by atoms with E-state index in [1.807, 2.05) is 30.3 Å². The van der Waals surface area contributed by atoms with Crippen molar-refractivity contribution >= 4 is 0 Å². The van der Waals surface area contributed by atoms with Gasteiger partial charge in [0.25, 0.3) is 5.56 Å². The summed E-state index contributed by atoms with van der Waals surface area (Å²) < 4.78 is 6.66. The van der Waals surface area contributed by atoms with E-state index < -0.39 is 0 Å². The molecule has 2 rings (SSSR count). The van der Waals surface area contributed by atoms with Crippen LogP contribution in [0, 0.1) is 0 Å². The number of nitrogens with zero attached hydrogens (tertiary/aromatic N) is 1. The molecule has 0 saturated heterocycles. The predicted molar refractivity (Wildman–Crippen MR) is 62.8 cm³/mol. The van der Waals surface area contributed by atoms with Crippen molar-refractivity contribution in [3.05, 3.63) is 64.6 Å². The maximum absolute atomic E-state index is 11.7. The van der Waals surface area contributed by atoms with Gasteiger partial charge in [-0.05, 0) is 23.8 Å². The van der Waals surface area contributed by atoms with Crippen LogP contribution in [-0.4, -0.2) is 11.7 Å². The van der Waals surface area contributed by atoms with E-state index in [1.54, 1.807) is 30.0 Å². The molecule has 0 aliphatic heterocycles. The molecule has 0 amide bonds. The third-order valence-electron chi connectivity index (χ3n) is 2.32. The minimum atomic E-state index is -0.0361. The van der Waals surface area contributed by atoms with E-state index in [2.05, 4.69) is 0 Å². The number of aromatic nitrogens is 1. The molecule has 82 valence electrons. The molecule has 3 heteroatoms. The molecule has 0 radical (unpaired) electrons. The molecule has 3 nitrogen and oxygen atoms in total. The highest BCUT2D eigenvalue weighted by Crippen LogP contribution is 2.06. The zero-order valence-electron chi connectivity index (χ0n) is 9.09. The first-order valence-corrected chi connectivity index (χ1v) is 5.07. The monoisotopic (exact) mass is 215 g/mol. The highest BCUT2D eigenvalue weighted by atomic mass is 16.5. The van der Waals surface area contributed by atoms with Gasteiger partial charge >= 0.3 is 0 Å². The Bertz CT molecular complexity index is 517. The third kappa shape index (κ3) is 2.20. The average Bonchev–Trinajstić information content (AvgIpc) is 2.33. The van der Waals surface area contributed by atoms with Gasteiger partial charge in [-0.1, -0.05) is 18.2 Å². The smallest absolute Gasteiger partial charge is 0.255 e. The van der Waals surface area contributed by atoms with Crippen LogP contribution in [0.15, 0.2) is 53.5 Å². The molecule has 1 heterocycles. The van der Waals surface area contributed by atoms with Crippen molar-refractivity contribution in [2.45, 2.75) is 6.61 Å². The minimum Gasteiger partial charge on any atom is -0.380 e. The van der Waals surface area contributed by atoms with Gasteiger partial charge in [-0.25, -0.2) is 0 Å². The van der Waals surface area contributed by atoms with Crippen LogP contribution in [0.25, 0.3) is 5.69 Å². The van der Waals surface area contributed by atoms with E-state index in [4.69, 9.17) is 4.74 Å². The summed E-state index contributed by atoms with van der Waals surface area (Å²) in [6, 6.07) is 12.9. The first-order chi connectivity index (χ1) is 7.81. The average molecular weight is 215 g/mol. The summed E-state index contributed by atoms with van der Waals surface area (Å²) in [6.07, 6.45) is 1.81. The Morgan fingerprint density at radius 3 is 2.56 bits per heavy atom. The van der Waals surface area contributed by atoms with E-state index in [0.717, 1.165) is 11.3 Å². The van der Waals surface area contributed by atoms with Crippen LogP contribution in [0.5, 0.6) is 0 Å². The topological polar surface area (TPSA) is 31.2 Å².